The number of amides is 6. The molecule has 0 spiro atoms. The van der Waals surface area contributed by atoms with E-state index in [4.69, 9.17) is 23.2 Å². The van der Waals surface area contributed by atoms with Crippen molar-refractivity contribution in [3.8, 4) is 5.82 Å². The molecule has 0 radical (unpaired) electrons. The highest BCUT2D eigenvalue weighted by Gasteiger charge is 2.37. The number of pyridine rings is 2. The van der Waals surface area contributed by atoms with Crippen molar-refractivity contribution >= 4 is 75.7 Å². The van der Waals surface area contributed by atoms with Gasteiger partial charge in [0, 0.05) is 83.4 Å². The summed E-state index contributed by atoms with van der Waals surface area (Å²) in [5.74, 6) is 0.691. The third-order valence-electron chi connectivity index (χ3n) is 13.7. The van der Waals surface area contributed by atoms with Gasteiger partial charge in [0.15, 0.2) is 16.6 Å². The lowest BCUT2D eigenvalue weighted by Gasteiger charge is -2.40. The first-order valence-electron chi connectivity index (χ1n) is 22.8. The Morgan fingerprint density at radius 3 is 2.30 bits per heavy atom. The predicted molar refractivity (Wildman–Crippen MR) is 249 cm³/mol. The molecule has 67 heavy (non-hydrogen) atoms. The van der Waals surface area contributed by atoms with Crippen LogP contribution in [0.4, 0.5) is 22.0 Å². The molecule has 20 nitrogen and oxygen atoms in total. The second-order valence-corrected chi connectivity index (χ2v) is 18.7. The minimum Gasteiger partial charge on any atom is -0.357 e. The second-order valence-electron chi connectivity index (χ2n) is 17.9. The Hall–Kier alpha value is -6.25. The highest BCUT2D eigenvalue weighted by molar-refractivity contribution is 6.32. The molecular formula is C45H53Cl2N15O5. The molecular weight excluding hydrogens is 902 g/mol. The maximum Gasteiger partial charge on any atom is 0.323 e. The van der Waals surface area contributed by atoms with Crippen LogP contribution >= 0.6 is 23.2 Å². The summed E-state index contributed by atoms with van der Waals surface area (Å²) in [5.41, 5.74) is 2.49. The van der Waals surface area contributed by atoms with Gasteiger partial charge in [0.05, 0.1) is 58.8 Å². The molecule has 1 unspecified atom stereocenters. The Labute approximate surface area is 396 Å². The predicted octanol–water partition coefficient (Wildman–Crippen LogP) is 4.96. The summed E-state index contributed by atoms with van der Waals surface area (Å²) in [5, 5.41) is 21.0. The Balaban J connectivity index is 0.739. The number of carbonyl (C=O) groups is 5. The number of urea groups is 1. The zero-order valence-electron chi connectivity index (χ0n) is 37.4. The van der Waals surface area contributed by atoms with Crippen molar-refractivity contribution in [3.63, 3.8) is 0 Å². The van der Waals surface area contributed by atoms with Crippen LogP contribution in [-0.4, -0.2) is 137 Å². The Morgan fingerprint density at radius 1 is 0.851 bits per heavy atom. The van der Waals surface area contributed by atoms with E-state index in [-0.39, 0.29) is 51.6 Å². The molecule has 3 aliphatic heterocycles. The van der Waals surface area contributed by atoms with Crippen molar-refractivity contribution in [3.05, 3.63) is 76.7 Å². The van der Waals surface area contributed by atoms with Crippen molar-refractivity contribution in [2.75, 3.05) is 68.4 Å². The molecule has 1 aliphatic carbocycles. The average molecular weight is 955 g/mol. The van der Waals surface area contributed by atoms with Gasteiger partial charge in [-0.2, -0.15) is 15.3 Å². The lowest BCUT2D eigenvalue weighted by molar-refractivity contribution is -0.142. The summed E-state index contributed by atoms with van der Waals surface area (Å²) in [4.78, 5) is 88.4. The average Bonchev–Trinajstić information content (AvgIpc) is 4.01. The molecule has 6 amide bonds. The SMILES string of the molecule is C[C@H](c1c(NC(=O)Nc2cnc(-n3nccn3)c(Cl)c2)cnc2cc(Cl)nn12)N(C)C(=O)C1CCC(C(=O)N2CCN(CC3CCN(c4cc(C5CCC(=O)NC5=O)ccn4)CC3)CC2)CC1. The van der Waals surface area contributed by atoms with Gasteiger partial charge >= 0.3 is 6.03 Å². The van der Waals surface area contributed by atoms with Crippen LogP contribution in [0.3, 0.4) is 0 Å². The summed E-state index contributed by atoms with van der Waals surface area (Å²) >= 11 is 12.7. The number of piperazine rings is 1. The third-order valence-corrected chi connectivity index (χ3v) is 14.2. The highest BCUT2D eigenvalue weighted by Crippen LogP contribution is 2.35. The van der Waals surface area contributed by atoms with Crippen LogP contribution in [0.2, 0.25) is 10.2 Å². The molecule has 5 aromatic rings. The van der Waals surface area contributed by atoms with Gasteiger partial charge in [-0.15, -0.1) is 4.80 Å². The fourth-order valence-corrected chi connectivity index (χ4v) is 10.3. The molecule has 9 rings (SSSR count). The van der Waals surface area contributed by atoms with Crippen LogP contribution in [0, 0.1) is 17.8 Å². The number of hydrogen-bond acceptors (Lipinski definition) is 13. The first-order valence-corrected chi connectivity index (χ1v) is 23.6. The number of aromatic nitrogens is 8. The van der Waals surface area contributed by atoms with E-state index in [1.807, 2.05) is 24.0 Å². The fraction of sp³-hybridized carbons (Fsp3) is 0.489. The zero-order chi connectivity index (χ0) is 46.8. The van der Waals surface area contributed by atoms with Gasteiger partial charge in [0.2, 0.25) is 23.6 Å². The summed E-state index contributed by atoms with van der Waals surface area (Å²) in [6.45, 7) is 7.69. The monoisotopic (exact) mass is 953 g/mol. The van der Waals surface area contributed by atoms with E-state index < -0.39 is 12.1 Å². The molecule has 2 atom stereocenters. The molecule has 0 bridgehead atoms. The Morgan fingerprint density at radius 2 is 1.58 bits per heavy atom. The van der Waals surface area contributed by atoms with Crippen molar-refractivity contribution in [2.45, 2.75) is 70.3 Å². The number of halogens is 2. The van der Waals surface area contributed by atoms with Crippen LogP contribution in [0.25, 0.3) is 11.5 Å². The highest BCUT2D eigenvalue weighted by atomic mass is 35.5. The van der Waals surface area contributed by atoms with Gasteiger partial charge in [0.1, 0.15) is 5.82 Å². The molecule has 3 N–H and O–H groups in total. The van der Waals surface area contributed by atoms with Gasteiger partial charge in [-0.3, -0.25) is 29.4 Å². The Kier molecular flexibility index (Phi) is 13.6. The van der Waals surface area contributed by atoms with Crippen LogP contribution in [0.1, 0.15) is 81.5 Å². The first-order chi connectivity index (χ1) is 32.4. The minimum absolute atomic E-state index is 0.0547. The zero-order valence-corrected chi connectivity index (χ0v) is 38.9. The second kappa shape index (κ2) is 19.9. The molecule has 352 valence electrons. The first kappa shape index (κ1) is 45.9. The molecule has 1 saturated carbocycles. The van der Waals surface area contributed by atoms with Gasteiger partial charge in [-0.05, 0) is 81.5 Å². The van der Waals surface area contributed by atoms with Crippen LogP contribution in [0.5, 0.6) is 0 Å². The molecule has 0 aromatic carbocycles. The number of fused-ring (bicyclic) bond motifs is 1. The fourth-order valence-electron chi connectivity index (χ4n) is 9.88. The van der Waals surface area contributed by atoms with Crippen molar-refractivity contribution < 1.29 is 24.0 Å². The van der Waals surface area contributed by atoms with Crippen molar-refractivity contribution in [1.29, 1.82) is 0 Å². The van der Waals surface area contributed by atoms with Gasteiger partial charge < -0.3 is 25.3 Å². The van der Waals surface area contributed by atoms with Gasteiger partial charge in [-0.25, -0.2) is 24.3 Å². The quantitative estimate of drug-likeness (QED) is 0.149. The molecule has 22 heteroatoms. The molecule has 4 fully saturated rings. The summed E-state index contributed by atoms with van der Waals surface area (Å²) in [6, 6.07) is 5.84. The normalized spacial score (nSPS) is 21.2. The van der Waals surface area contributed by atoms with E-state index in [0.29, 0.717) is 86.1 Å². The van der Waals surface area contributed by atoms with E-state index in [1.54, 1.807) is 24.2 Å². The number of carbonyl (C=O) groups excluding carboxylic acids is 5. The van der Waals surface area contributed by atoms with E-state index in [2.05, 4.69) is 56.0 Å². The van der Waals surface area contributed by atoms with E-state index in [1.165, 1.54) is 40.2 Å². The number of rotatable bonds is 11. The number of hydrogen-bond donors (Lipinski definition) is 3. The summed E-state index contributed by atoms with van der Waals surface area (Å²) in [6.07, 6.45) is 13.1. The Bertz CT molecular complexity index is 2640. The number of nitrogens with zero attached hydrogens (tertiary/aromatic N) is 12. The lowest BCUT2D eigenvalue weighted by atomic mass is 9.80. The summed E-state index contributed by atoms with van der Waals surface area (Å²) < 4.78 is 1.53. The topological polar surface area (TPSA) is 221 Å². The van der Waals surface area contributed by atoms with E-state index >= 15 is 0 Å². The standard InChI is InChI=1S/C45H53Cl2N15O5/c1-27(40-35(25-49-38-23-36(47)56-61(38)40)54-45(67)53-32-22-34(46)41(50-24-32)62-51-13-14-52-62)57(2)43(65)29-3-5-30(6-4-29)44(66)60-19-17-58(18-20-60)26-28-10-15-59(16-11-28)37-21-31(9-12-48-37)33-7-8-39(63)55-42(33)64/h9,12-14,21-25,27-30,33H,3-8,10-11,15-20,26H2,1-2H3,(H2,53,54,67)(H,55,63,64)/t27-,29?,30?,33?/m1/s1. The summed E-state index contributed by atoms with van der Waals surface area (Å²) in [7, 11) is 1.74. The van der Waals surface area contributed by atoms with Crippen LogP contribution in [-0.2, 0) is 19.2 Å². The minimum atomic E-state index is -0.599. The number of imide groups is 1. The lowest BCUT2D eigenvalue weighted by Crippen LogP contribution is -2.52. The number of piperidine rings is 2. The number of nitrogens with one attached hydrogen (secondary N) is 3. The smallest absolute Gasteiger partial charge is 0.323 e. The van der Waals surface area contributed by atoms with Crippen LogP contribution < -0.4 is 20.9 Å². The molecule has 5 aromatic heterocycles. The molecule has 8 heterocycles. The van der Waals surface area contributed by atoms with E-state index in [9.17, 15) is 24.0 Å². The molecule has 4 aliphatic rings. The van der Waals surface area contributed by atoms with E-state index in [0.717, 1.165) is 56.9 Å². The van der Waals surface area contributed by atoms with Gasteiger partial charge in [-0.1, -0.05) is 23.2 Å². The number of anilines is 3. The van der Waals surface area contributed by atoms with Crippen LogP contribution in [0.15, 0.2) is 55.2 Å². The van der Waals surface area contributed by atoms with Gasteiger partial charge in [0.25, 0.3) is 0 Å². The molecule has 3 saturated heterocycles. The third kappa shape index (κ3) is 10.2. The van der Waals surface area contributed by atoms with Crippen molar-refractivity contribution in [2.24, 2.45) is 17.8 Å². The largest absolute Gasteiger partial charge is 0.357 e. The maximum absolute atomic E-state index is 14.1. The van der Waals surface area contributed by atoms with Crippen molar-refractivity contribution in [1.82, 2.24) is 59.6 Å². The maximum atomic E-state index is 14.1.